The highest BCUT2D eigenvalue weighted by Gasteiger charge is 2.58. The Kier molecular flexibility index (Phi) is 24.2. The van der Waals surface area contributed by atoms with E-state index in [2.05, 4.69) is 16.0 Å². The zero-order valence-corrected chi connectivity index (χ0v) is 41.9. The normalized spacial score (nSPS) is 42.4. The Morgan fingerprint density at radius 1 is 0.579 bits per heavy atom. The van der Waals surface area contributed by atoms with Crippen molar-refractivity contribution >= 4 is 23.7 Å². The fourth-order valence-electron chi connectivity index (χ4n) is 9.57. The van der Waals surface area contributed by atoms with Gasteiger partial charge in [-0.1, -0.05) is 0 Å². The molecule has 25 atom stereocenters. The molecule has 5 fully saturated rings. The van der Waals surface area contributed by atoms with E-state index in [0.717, 1.165) is 20.8 Å². The lowest BCUT2D eigenvalue weighted by atomic mass is 9.90. The number of hydrogen-bond donors (Lipinski definition) is 18. The molecule has 0 aromatic heterocycles. The number of carbonyl (C=O) groups is 4. The smallest absolute Gasteiger partial charge is 0.364 e. The molecule has 5 aliphatic rings. The van der Waals surface area contributed by atoms with Crippen molar-refractivity contribution in [2.75, 3.05) is 46.2 Å². The number of aliphatic hydroxyl groups excluding tert-OH is 13. The van der Waals surface area contributed by atoms with Crippen LogP contribution in [0.15, 0.2) is 0 Å². The molecule has 5 saturated heterocycles. The average Bonchev–Trinajstić information content (AvgIpc) is 3.36. The molecule has 0 bridgehead atoms. The summed E-state index contributed by atoms with van der Waals surface area (Å²) in [6, 6.07) is -4.75. The van der Waals surface area contributed by atoms with Gasteiger partial charge in [0.1, 0.15) is 97.5 Å². The van der Waals surface area contributed by atoms with Gasteiger partial charge in [0.15, 0.2) is 25.2 Å². The lowest BCUT2D eigenvalue weighted by Gasteiger charge is -2.51. The summed E-state index contributed by atoms with van der Waals surface area (Å²) in [6.45, 7) is -1.15. The number of carboxylic acid groups (broad SMARTS) is 1. The Morgan fingerprint density at radius 2 is 1.11 bits per heavy atom. The maximum atomic E-state index is 13.1. The lowest BCUT2D eigenvalue weighted by molar-refractivity contribution is -0.379. The Bertz CT molecular complexity index is 1850. The SMILES string of the molecule is CC(=O)N[C@@H]1C(O[C@H]2C(CO)O[C@@H](O[C@H]3[C@H](O)C(CO[C@]4(C(=O)O)C[C@@H](O)[C@@H](NC(C)=O)C(C[C@H](O)CO)O4)OC(O[C@@H]4[C@H](O)C(OCCCCCN)OC(CO)[C@@H]4O)[C@H]3NC(C)=O)[C@@H](O)C2O)OC(CO)[C@H](O)[C@@H]1O. The fraction of sp³-hybridized carbons (Fsp3) is 0.909. The van der Waals surface area contributed by atoms with E-state index in [1.54, 1.807) is 0 Å². The van der Waals surface area contributed by atoms with Crippen molar-refractivity contribution in [2.45, 2.75) is 206 Å². The molecule has 32 nitrogen and oxygen atoms in total. The summed E-state index contributed by atoms with van der Waals surface area (Å²) >= 11 is 0. The molecule has 32 heteroatoms. The van der Waals surface area contributed by atoms with Crippen LogP contribution in [0.3, 0.4) is 0 Å². The molecule has 440 valence electrons. The van der Waals surface area contributed by atoms with Crippen molar-refractivity contribution in [2.24, 2.45) is 5.73 Å². The molecular formula is C44H76N4O28. The van der Waals surface area contributed by atoms with Gasteiger partial charge >= 0.3 is 5.97 Å². The number of amides is 3. The van der Waals surface area contributed by atoms with Crippen molar-refractivity contribution in [3.8, 4) is 0 Å². The minimum absolute atomic E-state index is 0.000248. The molecule has 0 aromatic carbocycles. The van der Waals surface area contributed by atoms with Crippen LogP contribution >= 0.6 is 0 Å². The van der Waals surface area contributed by atoms with Gasteiger partial charge in [-0.25, -0.2) is 4.79 Å². The van der Waals surface area contributed by atoms with Crippen molar-refractivity contribution in [1.82, 2.24) is 16.0 Å². The molecule has 5 heterocycles. The second-order valence-electron chi connectivity index (χ2n) is 19.2. The zero-order valence-electron chi connectivity index (χ0n) is 41.9. The van der Waals surface area contributed by atoms with E-state index in [1.165, 1.54) is 0 Å². The molecule has 5 aliphatic heterocycles. The summed E-state index contributed by atoms with van der Waals surface area (Å²) in [5.41, 5.74) is 5.58. The van der Waals surface area contributed by atoms with Gasteiger partial charge in [0.2, 0.25) is 17.7 Å². The second kappa shape index (κ2) is 28.9. The third-order valence-corrected chi connectivity index (χ3v) is 13.5. The van der Waals surface area contributed by atoms with Crippen LogP contribution in [-0.2, 0) is 66.5 Å². The number of ether oxygens (including phenoxy) is 10. The van der Waals surface area contributed by atoms with Crippen LogP contribution in [0.1, 0.15) is 52.9 Å². The molecule has 0 radical (unpaired) electrons. The Morgan fingerprint density at radius 3 is 1.70 bits per heavy atom. The van der Waals surface area contributed by atoms with E-state index < -0.39 is 222 Å². The van der Waals surface area contributed by atoms with E-state index in [4.69, 9.17) is 53.1 Å². The van der Waals surface area contributed by atoms with Gasteiger partial charge in [0, 0.05) is 40.2 Å². The molecule has 3 amide bonds. The number of carbonyl (C=O) groups excluding carboxylic acids is 3. The first-order valence-corrected chi connectivity index (χ1v) is 24.8. The molecule has 19 N–H and O–H groups in total. The zero-order chi connectivity index (χ0) is 56.3. The average molecular weight is 1110 g/mol. The largest absolute Gasteiger partial charge is 0.477 e. The van der Waals surface area contributed by atoms with Crippen LogP contribution in [0, 0.1) is 0 Å². The van der Waals surface area contributed by atoms with Crippen LogP contribution in [-0.4, -0.2) is 294 Å². The van der Waals surface area contributed by atoms with Gasteiger partial charge in [-0.05, 0) is 25.8 Å². The number of nitrogens with two attached hydrogens (primary N) is 1. The number of unbranched alkanes of at least 4 members (excludes halogenated alkanes) is 2. The minimum Gasteiger partial charge on any atom is -0.477 e. The summed E-state index contributed by atoms with van der Waals surface area (Å²) in [5, 5.41) is 159. The minimum atomic E-state index is -2.88. The van der Waals surface area contributed by atoms with Crippen LogP contribution < -0.4 is 21.7 Å². The van der Waals surface area contributed by atoms with Crippen LogP contribution in [0.25, 0.3) is 0 Å². The Balaban J connectivity index is 1.51. The van der Waals surface area contributed by atoms with E-state index in [0.29, 0.717) is 25.8 Å². The van der Waals surface area contributed by atoms with E-state index in [-0.39, 0.29) is 6.61 Å². The number of carboxylic acids is 1. The highest BCUT2D eigenvalue weighted by atomic mass is 16.8. The van der Waals surface area contributed by atoms with Gasteiger partial charge in [-0.15, -0.1) is 0 Å². The number of rotatable bonds is 25. The van der Waals surface area contributed by atoms with E-state index in [9.17, 15) is 90.7 Å². The predicted octanol–water partition coefficient (Wildman–Crippen LogP) is -10.1. The molecule has 0 aromatic rings. The summed E-state index contributed by atoms with van der Waals surface area (Å²) in [4.78, 5) is 50.3. The Labute approximate surface area is 434 Å². The second-order valence-corrected chi connectivity index (χ2v) is 19.2. The van der Waals surface area contributed by atoms with Crippen LogP contribution in [0.5, 0.6) is 0 Å². The molecular weight excluding hydrogens is 1030 g/mol. The topological polar surface area (TPSA) is 506 Å². The van der Waals surface area contributed by atoms with Crippen LogP contribution in [0.2, 0.25) is 0 Å². The van der Waals surface area contributed by atoms with E-state index in [1.807, 2.05) is 0 Å². The third-order valence-electron chi connectivity index (χ3n) is 13.5. The maximum absolute atomic E-state index is 13.1. The first-order chi connectivity index (χ1) is 35.9. The summed E-state index contributed by atoms with van der Waals surface area (Å²) in [5.74, 6) is -7.06. The molecule has 0 aliphatic carbocycles. The van der Waals surface area contributed by atoms with Gasteiger partial charge in [0.05, 0.1) is 57.4 Å². The quantitative estimate of drug-likeness (QED) is 0.0378. The van der Waals surface area contributed by atoms with Crippen molar-refractivity contribution in [3.05, 3.63) is 0 Å². The monoisotopic (exact) mass is 1110 g/mol. The summed E-state index contributed by atoms with van der Waals surface area (Å²) < 4.78 is 58.8. The highest BCUT2D eigenvalue weighted by Crippen LogP contribution is 2.38. The standard InChI is InChI=1S/C44H76N4O28/c1-16(53)46-26-20(57)10-44(43(65)66,76-21(26)9-19(56)11-49)68-15-25-31(60)37(28(48-18(3)55)40(72-25)75-38-30(59)23(13-51)70-41(35(38)64)67-8-6-4-5-7-45)74-42-34(63)33(62)36(24(14-52)71-42)73-39-27(47-17(2)54)32(61)29(58)22(12-50)69-39/h19-42,49-52,56-64H,4-15,45H2,1-3H3,(H,46,53)(H,47,54)(H,48,55)(H,65,66)/t19-,20+,21?,22?,23?,24?,25?,26+,27-,28-,29-,30-,31+,32+,33?,34-,35-,36-,37+,38-,39?,40?,41?,42-,44+/m0/s1. The van der Waals surface area contributed by atoms with E-state index >= 15 is 0 Å². The number of aliphatic hydroxyl groups is 13. The first kappa shape index (κ1) is 63.7. The summed E-state index contributed by atoms with van der Waals surface area (Å²) in [7, 11) is 0. The molecule has 0 spiro atoms. The van der Waals surface area contributed by atoms with Crippen molar-refractivity contribution in [3.63, 3.8) is 0 Å². The maximum Gasteiger partial charge on any atom is 0.364 e. The van der Waals surface area contributed by atoms with Crippen molar-refractivity contribution < 1.29 is 138 Å². The van der Waals surface area contributed by atoms with Gasteiger partial charge < -0.3 is 141 Å². The number of nitrogens with one attached hydrogen (secondary N) is 3. The number of aliphatic carboxylic acids is 1. The van der Waals surface area contributed by atoms with Crippen molar-refractivity contribution in [1.29, 1.82) is 0 Å². The highest BCUT2D eigenvalue weighted by molar-refractivity contribution is 5.76. The van der Waals surface area contributed by atoms with Crippen LogP contribution in [0.4, 0.5) is 0 Å². The van der Waals surface area contributed by atoms with Gasteiger partial charge in [-0.2, -0.15) is 0 Å². The molecule has 76 heavy (non-hydrogen) atoms. The molecule has 5 rings (SSSR count). The molecule has 9 unspecified atom stereocenters. The molecule has 0 saturated carbocycles. The Hall–Kier alpha value is -3.08. The predicted molar refractivity (Wildman–Crippen MR) is 244 cm³/mol. The first-order valence-electron chi connectivity index (χ1n) is 24.8. The van der Waals surface area contributed by atoms with Gasteiger partial charge in [-0.3, -0.25) is 14.4 Å². The lowest BCUT2D eigenvalue weighted by Crippen LogP contribution is -2.71. The third kappa shape index (κ3) is 15.4. The summed E-state index contributed by atoms with van der Waals surface area (Å²) in [6.07, 6.45) is -38.6. The van der Waals surface area contributed by atoms with Gasteiger partial charge in [0.25, 0.3) is 5.79 Å². The fourth-order valence-corrected chi connectivity index (χ4v) is 9.57. The number of hydrogen-bond acceptors (Lipinski definition) is 28.